The molecule has 52 valence electrons. The van der Waals surface area contributed by atoms with E-state index in [0.29, 0.717) is 0 Å². The van der Waals surface area contributed by atoms with Crippen molar-refractivity contribution in [3.63, 3.8) is 0 Å². The zero-order valence-corrected chi connectivity index (χ0v) is 6.48. The van der Waals surface area contributed by atoms with Gasteiger partial charge in [0.15, 0.2) is 0 Å². The van der Waals surface area contributed by atoms with Crippen LogP contribution in [0.25, 0.3) is 0 Å². The van der Waals surface area contributed by atoms with Crippen molar-refractivity contribution in [3.8, 4) is 0 Å². The summed E-state index contributed by atoms with van der Waals surface area (Å²) in [6, 6.07) is 0. The lowest BCUT2D eigenvalue weighted by atomic mass is 9.92. The fourth-order valence-electron chi connectivity index (χ4n) is 1.74. The fraction of sp³-hybridized carbons (Fsp3) is 0.778. The van der Waals surface area contributed by atoms with Crippen molar-refractivity contribution in [1.29, 1.82) is 0 Å². The van der Waals surface area contributed by atoms with Crippen LogP contribution < -0.4 is 0 Å². The minimum Gasteiger partial charge on any atom is -0.0996 e. The summed E-state index contributed by atoms with van der Waals surface area (Å²) < 4.78 is 0. The zero-order chi connectivity index (χ0) is 6.85. The SMILES string of the molecule is C=C1CCC[C@@H]1C(C)C. The minimum absolute atomic E-state index is 0.819. The largest absolute Gasteiger partial charge is 0.0996 e. The first kappa shape index (κ1) is 6.85. The van der Waals surface area contributed by atoms with Crippen LogP contribution in [0, 0.1) is 11.8 Å². The molecule has 0 spiro atoms. The van der Waals surface area contributed by atoms with Crippen molar-refractivity contribution in [1.82, 2.24) is 0 Å². The van der Waals surface area contributed by atoms with E-state index in [1.807, 2.05) is 0 Å². The predicted octanol–water partition coefficient (Wildman–Crippen LogP) is 3.00. The molecule has 9 heavy (non-hydrogen) atoms. The molecule has 0 aromatic rings. The van der Waals surface area contributed by atoms with Crippen LogP contribution in [-0.4, -0.2) is 0 Å². The summed E-state index contributed by atoms with van der Waals surface area (Å²) in [6.07, 6.45) is 4.04. The summed E-state index contributed by atoms with van der Waals surface area (Å²) in [5, 5.41) is 0. The zero-order valence-electron chi connectivity index (χ0n) is 6.48. The van der Waals surface area contributed by atoms with E-state index < -0.39 is 0 Å². The van der Waals surface area contributed by atoms with Gasteiger partial charge in [-0.15, -0.1) is 0 Å². The Balaban J connectivity index is 2.49. The van der Waals surface area contributed by atoms with Crippen molar-refractivity contribution in [3.05, 3.63) is 12.2 Å². The molecule has 1 atom stereocenters. The second kappa shape index (κ2) is 2.55. The van der Waals surface area contributed by atoms with Crippen LogP contribution in [0.1, 0.15) is 33.1 Å². The number of hydrogen-bond donors (Lipinski definition) is 0. The molecule has 0 bridgehead atoms. The van der Waals surface area contributed by atoms with Gasteiger partial charge in [0.2, 0.25) is 0 Å². The van der Waals surface area contributed by atoms with Crippen molar-refractivity contribution in [2.45, 2.75) is 33.1 Å². The standard InChI is InChI=1S/C9H16/c1-7(2)9-6-4-5-8(9)3/h7,9H,3-6H2,1-2H3/t9-/m1/s1. The molecule has 0 N–H and O–H groups in total. The van der Waals surface area contributed by atoms with Crippen LogP contribution in [0.15, 0.2) is 12.2 Å². The molecule has 0 amide bonds. The smallest absolute Gasteiger partial charge is 0.0183 e. The average molecular weight is 124 g/mol. The normalized spacial score (nSPS) is 27.9. The number of rotatable bonds is 1. The van der Waals surface area contributed by atoms with Gasteiger partial charge >= 0.3 is 0 Å². The molecule has 0 saturated heterocycles. The summed E-state index contributed by atoms with van der Waals surface area (Å²) in [7, 11) is 0. The second-order valence-corrected chi connectivity index (χ2v) is 3.40. The Morgan fingerprint density at radius 3 is 2.44 bits per heavy atom. The first-order valence-electron chi connectivity index (χ1n) is 3.89. The van der Waals surface area contributed by atoms with E-state index in [1.54, 1.807) is 0 Å². The third kappa shape index (κ3) is 1.35. The molecule has 0 radical (unpaired) electrons. The summed E-state index contributed by atoms with van der Waals surface area (Å²) in [5.41, 5.74) is 1.49. The Hall–Kier alpha value is -0.260. The van der Waals surface area contributed by atoms with Gasteiger partial charge in [-0.25, -0.2) is 0 Å². The molecule has 0 aromatic heterocycles. The number of hydrogen-bond acceptors (Lipinski definition) is 0. The second-order valence-electron chi connectivity index (χ2n) is 3.40. The maximum absolute atomic E-state index is 4.06. The summed E-state index contributed by atoms with van der Waals surface area (Å²) in [5.74, 6) is 1.66. The van der Waals surface area contributed by atoms with Crippen LogP contribution in [0.2, 0.25) is 0 Å². The third-order valence-electron chi connectivity index (χ3n) is 2.34. The molecule has 1 saturated carbocycles. The summed E-state index contributed by atoms with van der Waals surface area (Å²) >= 11 is 0. The first-order chi connectivity index (χ1) is 4.22. The van der Waals surface area contributed by atoms with Gasteiger partial charge in [-0.1, -0.05) is 26.0 Å². The van der Waals surface area contributed by atoms with Gasteiger partial charge in [0.25, 0.3) is 0 Å². The van der Waals surface area contributed by atoms with Crippen LogP contribution in [-0.2, 0) is 0 Å². The first-order valence-corrected chi connectivity index (χ1v) is 3.89. The van der Waals surface area contributed by atoms with Crippen LogP contribution in [0.4, 0.5) is 0 Å². The van der Waals surface area contributed by atoms with Gasteiger partial charge in [0, 0.05) is 0 Å². The van der Waals surface area contributed by atoms with E-state index >= 15 is 0 Å². The van der Waals surface area contributed by atoms with Crippen LogP contribution in [0.3, 0.4) is 0 Å². The highest BCUT2D eigenvalue weighted by Crippen LogP contribution is 2.34. The van der Waals surface area contributed by atoms with Crippen molar-refractivity contribution in [2.24, 2.45) is 11.8 Å². The van der Waals surface area contributed by atoms with Gasteiger partial charge < -0.3 is 0 Å². The van der Waals surface area contributed by atoms with Crippen molar-refractivity contribution in [2.75, 3.05) is 0 Å². The summed E-state index contributed by atoms with van der Waals surface area (Å²) in [4.78, 5) is 0. The third-order valence-corrected chi connectivity index (χ3v) is 2.34. The Morgan fingerprint density at radius 2 is 2.22 bits per heavy atom. The quantitative estimate of drug-likeness (QED) is 0.471. The van der Waals surface area contributed by atoms with Gasteiger partial charge in [0.1, 0.15) is 0 Å². The monoisotopic (exact) mass is 124 g/mol. The minimum atomic E-state index is 0.819. The predicted molar refractivity (Wildman–Crippen MR) is 41.3 cm³/mol. The van der Waals surface area contributed by atoms with Gasteiger partial charge in [-0.3, -0.25) is 0 Å². The van der Waals surface area contributed by atoms with E-state index in [0.717, 1.165) is 11.8 Å². The van der Waals surface area contributed by atoms with E-state index in [-0.39, 0.29) is 0 Å². The molecule has 0 heterocycles. The lowest BCUT2D eigenvalue weighted by molar-refractivity contribution is 0.453. The molecular weight excluding hydrogens is 108 g/mol. The van der Waals surface area contributed by atoms with Gasteiger partial charge in [-0.2, -0.15) is 0 Å². The van der Waals surface area contributed by atoms with Crippen LogP contribution in [0.5, 0.6) is 0 Å². The molecule has 0 nitrogen and oxygen atoms in total. The lowest BCUT2D eigenvalue weighted by Crippen LogP contribution is -2.04. The topological polar surface area (TPSA) is 0 Å². The summed E-state index contributed by atoms with van der Waals surface area (Å²) in [6.45, 7) is 8.64. The average Bonchev–Trinajstić information content (AvgIpc) is 2.13. The highest BCUT2D eigenvalue weighted by Gasteiger charge is 2.21. The maximum atomic E-state index is 4.06. The van der Waals surface area contributed by atoms with Gasteiger partial charge in [-0.05, 0) is 31.1 Å². The molecule has 1 rings (SSSR count). The molecule has 0 unspecified atom stereocenters. The Labute approximate surface area is 58.0 Å². The molecule has 0 aromatic carbocycles. The van der Waals surface area contributed by atoms with Crippen LogP contribution >= 0.6 is 0 Å². The van der Waals surface area contributed by atoms with E-state index in [2.05, 4.69) is 20.4 Å². The van der Waals surface area contributed by atoms with E-state index in [4.69, 9.17) is 0 Å². The van der Waals surface area contributed by atoms with E-state index in [9.17, 15) is 0 Å². The van der Waals surface area contributed by atoms with Crippen molar-refractivity contribution >= 4 is 0 Å². The molecule has 0 aliphatic heterocycles. The Kier molecular flexibility index (Phi) is 1.94. The maximum Gasteiger partial charge on any atom is -0.0183 e. The molecule has 0 heteroatoms. The molecule has 1 aliphatic rings. The molecule has 1 fully saturated rings. The molecule has 1 aliphatic carbocycles. The van der Waals surface area contributed by atoms with Gasteiger partial charge in [0.05, 0.1) is 0 Å². The lowest BCUT2D eigenvalue weighted by Gasteiger charge is -2.14. The highest BCUT2D eigenvalue weighted by molar-refractivity contribution is 5.06. The highest BCUT2D eigenvalue weighted by atomic mass is 14.3. The Bertz CT molecular complexity index is 111. The fourth-order valence-corrected chi connectivity index (χ4v) is 1.74. The Morgan fingerprint density at radius 1 is 1.56 bits per heavy atom. The van der Waals surface area contributed by atoms with Crippen molar-refractivity contribution < 1.29 is 0 Å². The molecular formula is C9H16. The van der Waals surface area contributed by atoms with E-state index in [1.165, 1.54) is 24.8 Å². The number of allylic oxidation sites excluding steroid dienone is 1.